The van der Waals surface area contributed by atoms with Crippen molar-refractivity contribution < 1.29 is 9.47 Å². The van der Waals surface area contributed by atoms with E-state index in [9.17, 15) is 0 Å². The number of hydrogen-bond donors (Lipinski definition) is 1. The average Bonchev–Trinajstić information content (AvgIpc) is 2.48. The molecule has 2 rings (SSSR count). The van der Waals surface area contributed by atoms with Crippen LogP contribution in [0.5, 0.6) is 11.5 Å². The summed E-state index contributed by atoms with van der Waals surface area (Å²) in [5.74, 6) is 1.82. The van der Waals surface area contributed by atoms with E-state index in [0.717, 1.165) is 5.69 Å². The predicted molar refractivity (Wildman–Crippen MR) is 69.6 cm³/mol. The molecule has 0 fully saturated rings. The Morgan fingerprint density at radius 2 is 1.89 bits per heavy atom. The summed E-state index contributed by atoms with van der Waals surface area (Å²) in [7, 11) is 3.15. The molecule has 0 aliphatic rings. The zero-order chi connectivity index (χ0) is 13.7. The molecule has 0 radical (unpaired) electrons. The number of nitrogens with zero attached hydrogens (tertiary/aromatic N) is 3. The summed E-state index contributed by atoms with van der Waals surface area (Å²) < 4.78 is 10.4. The van der Waals surface area contributed by atoms with Crippen molar-refractivity contribution in [2.24, 2.45) is 0 Å². The topological polar surface area (TPSA) is 80.1 Å². The van der Waals surface area contributed by atoms with Crippen LogP contribution in [-0.4, -0.2) is 24.2 Å². The predicted octanol–water partition coefficient (Wildman–Crippen LogP) is 2.11. The molecule has 1 heterocycles. The van der Waals surface area contributed by atoms with Crippen molar-refractivity contribution >= 4 is 11.5 Å². The average molecular weight is 256 g/mol. The van der Waals surface area contributed by atoms with Crippen LogP contribution in [0.1, 0.15) is 5.69 Å². The van der Waals surface area contributed by atoms with Gasteiger partial charge in [0.25, 0.3) is 0 Å². The molecule has 0 atom stereocenters. The third kappa shape index (κ3) is 2.90. The summed E-state index contributed by atoms with van der Waals surface area (Å²) in [6.45, 7) is 0. The van der Waals surface area contributed by atoms with Gasteiger partial charge in [0.15, 0.2) is 17.2 Å². The SMILES string of the molecule is COc1ccc(Nc2cnc(C#N)cn2)cc1OC. The molecule has 0 aliphatic carbocycles. The highest BCUT2D eigenvalue weighted by Crippen LogP contribution is 2.30. The molecule has 0 aliphatic heterocycles. The number of anilines is 2. The second kappa shape index (κ2) is 5.69. The van der Waals surface area contributed by atoms with Crippen molar-refractivity contribution in [2.75, 3.05) is 19.5 Å². The number of methoxy groups -OCH3 is 2. The molecule has 19 heavy (non-hydrogen) atoms. The molecule has 0 saturated heterocycles. The minimum absolute atomic E-state index is 0.276. The molecule has 1 aromatic heterocycles. The lowest BCUT2D eigenvalue weighted by molar-refractivity contribution is 0.355. The van der Waals surface area contributed by atoms with Crippen LogP contribution in [0.2, 0.25) is 0 Å². The molecule has 1 N–H and O–H groups in total. The van der Waals surface area contributed by atoms with E-state index in [0.29, 0.717) is 17.3 Å². The zero-order valence-electron chi connectivity index (χ0n) is 10.5. The van der Waals surface area contributed by atoms with Crippen molar-refractivity contribution in [3.8, 4) is 17.6 Å². The van der Waals surface area contributed by atoms with Crippen LogP contribution in [-0.2, 0) is 0 Å². The molecular formula is C13H12N4O2. The Morgan fingerprint density at radius 1 is 1.11 bits per heavy atom. The van der Waals surface area contributed by atoms with E-state index in [1.807, 2.05) is 12.1 Å². The highest BCUT2D eigenvalue weighted by molar-refractivity contribution is 5.60. The smallest absolute Gasteiger partial charge is 0.162 e. The van der Waals surface area contributed by atoms with Crippen molar-refractivity contribution in [2.45, 2.75) is 0 Å². The number of benzene rings is 1. The lowest BCUT2D eigenvalue weighted by atomic mass is 10.2. The van der Waals surface area contributed by atoms with Gasteiger partial charge in [-0.1, -0.05) is 0 Å². The van der Waals surface area contributed by atoms with Gasteiger partial charge in [-0.2, -0.15) is 5.26 Å². The van der Waals surface area contributed by atoms with E-state index < -0.39 is 0 Å². The standard InChI is InChI=1S/C13H12N4O2/c1-18-11-4-3-9(5-12(11)19-2)17-13-8-15-10(6-14)7-16-13/h3-5,7-8H,1-2H3,(H,16,17). The summed E-state index contributed by atoms with van der Waals surface area (Å²) >= 11 is 0. The summed E-state index contributed by atoms with van der Waals surface area (Å²) in [6, 6.07) is 7.33. The van der Waals surface area contributed by atoms with Gasteiger partial charge in [-0.3, -0.25) is 0 Å². The molecule has 1 aromatic carbocycles. The fourth-order valence-electron chi connectivity index (χ4n) is 1.51. The van der Waals surface area contributed by atoms with Crippen LogP contribution >= 0.6 is 0 Å². The molecule has 0 bridgehead atoms. The maximum atomic E-state index is 8.64. The Hall–Kier alpha value is -2.81. The number of ether oxygens (including phenoxy) is 2. The third-order valence-corrected chi connectivity index (χ3v) is 2.42. The first kappa shape index (κ1) is 12.6. The summed E-state index contributed by atoms with van der Waals surface area (Å²) in [5, 5.41) is 11.7. The van der Waals surface area contributed by atoms with E-state index in [4.69, 9.17) is 14.7 Å². The Balaban J connectivity index is 2.20. The number of nitrogens with one attached hydrogen (secondary N) is 1. The number of aromatic nitrogens is 2. The highest BCUT2D eigenvalue weighted by Gasteiger charge is 2.05. The molecule has 0 amide bonds. The van der Waals surface area contributed by atoms with Crippen LogP contribution < -0.4 is 14.8 Å². The fraction of sp³-hybridized carbons (Fsp3) is 0.154. The monoisotopic (exact) mass is 256 g/mol. The van der Waals surface area contributed by atoms with Crippen LogP contribution in [0.4, 0.5) is 11.5 Å². The summed E-state index contributed by atoms with van der Waals surface area (Å²) in [6.07, 6.45) is 2.90. The minimum Gasteiger partial charge on any atom is -0.493 e. The molecule has 0 spiro atoms. The first-order valence-corrected chi connectivity index (χ1v) is 5.48. The third-order valence-electron chi connectivity index (χ3n) is 2.42. The molecule has 0 unspecified atom stereocenters. The van der Waals surface area contributed by atoms with Crippen molar-refractivity contribution in [1.29, 1.82) is 5.26 Å². The number of hydrogen-bond acceptors (Lipinski definition) is 6. The van der Waals surface area contributed by atoms with Crippen LogP contribution in [0.3, 0.4) is 0 Å². The molecule has 6 heteroatoms. The van der Waals surface area contributed by atoms with E-state index >= 15 is 0 Å². The van der Waals surface area contributed by atoms with Crippen molar-refractivity contribution in [3.63, 3.8) is 0 Å². The van der Waals surface area contributed by atoms with Gasteiger partial charge in [0, 0.05) is 11.8 Å². The van der Waals surface area contributed by atoms with E-state index in [1.165, 1.54) is 12.4 Å². The summed E-state index contributed by atoms with van der Waals surface area (Å²) in [4.78, 5) is 8.00. The first-order chi connectivity index (χ1) is 9.26. The Bertz CT molecular complexity index is 605. The normalized spacial score (nSPS) is 9.53. The lowest BCUT2D eigenvalue weighted by Gasteiger charge is -2.10. The Kier molecular flexibility index (Phi) is 3.78. The molecular weight excluding hydrogens is 244 g/mol. The molecule has 2 aromatic rings. The van der Waals surface area contributed by atoms with Gasteiger partial charge in [-0.05, 0) is 12.1 Å². The first-order valence-electron chi connectivity index (χ1n) is 5.48. The van der Waals surface area contributed by atoms with E-state index in [-0.39, 0.29) is 5.69 Å². The van der Waals surface area contributed by atoms with Gasteiger partial charge in [0.1, 0.15) is 11.9 Å². The molecule has 0 saturated carbocycles. The van der Waals surface area contributed by atoms with Gasteiger partial charge in [-0.15, -0.1) is 0 Å². The second-order valence-electron chi connectivity index (χ2n) is 3.59. The Morgan fingerprint density at radius 3 is 2.47 bits per heavy atom. The zero-order valence-corrected chi connectivity index (χ0v) is 10.5. The van der Waals surface area contributed by atoms with E-state index in [2.05, 4.69) is 15.3 Å². The number of nitriles is 1. The van der Waals surface area contributed by atoms with Crippen molar-refractivity contribution in [1.82, 2.24) is 9.97 Å². The molecule has 96 valence electrons. The van der Waals surface area contributed by atoms with Crippen LogP contribution in [0.25, 0.3) is 0 Å². The quantitative estimate of drug-likeness (QED) is 0.902. The Labute approximate surface area is 110 Å². The fourth-order valence-corrected chi connectivity index (χ4v) is 1.51. The van der Waals surface area contributed by atoms with E-state index in [1.54, 1.807) is 26.4 Å². The largest absolute Gasteiger partial charge is 0.493 e. The number of rotatable bonds is 4. The maximum Gasteiger partial charge on any atom is 0.162 e. The molecule has 6 nitrogen and oxygen atoms in total. The lowest BCUT2D eigenvalue weighted by Crippen LogP contribution is -1.97. The van der Waals surface area contributed by atoms with Crippen LogP contribution in [0.15, 0.2) is 30.6 Å². The van der Waals surface area contributed by atoms with Gasteiger partial charge in [0.2, 0.25) is 0 Å². The van der Waals surface area contributed by atoms with Gasteiger partial charge >= 0.3 is 0 Å². The van der Waals surface area contributed by atoms with Gasteiger partial charge < -0.3 is 14.8 Å². The maximum absolute atomic E-state index is 8.64. The second-order valence-corrected chi connectivity index (χ2v) is 3.59. The van der Waals surface area contributed by atoms with Crippen molar-refractivity contribution in [3.05, 3.63) is 36.3 Å². The summed E-state index contributed by atoms with van der Waals surface area (Å²) in [5.41, 5.74) is 1.06. The van der Waals surface area contributed by atoms with Gasteiger partial charge in [-0.25, -0.2) is 9.97 Å². The highest BCUT2D eigenvalue weighted by atomic mass is 16.5. The van der Waals surface area contributed by atoms with Gasteiger partial charge in [0.05, 0.1) is 26.6 Å². The minimum atomic E-state index is 0.276. The van der Waals surface area contributed by atoms with Crippen LogP contribution in [0, 0.1) is 11.3 Å².